The second kappa shape index (κ2) is 5.70. The number of thioether (sulfide) groups is 1. The van der Waals surface area contributed by atoms with Gasteiger partial charge in [0.05, 0.1) is 11.5 Å². The molecule has 0 radical (unpaired) electrons. The summed E-state index contributed by atoms with van der Waals surface area (Å²) in [5, 5.41) is 9.10. The predicted molar refractivity (Wildman–Crippen MR) is 71.8 cm³/mol. The summed E-state index contributed by atoms with van der Waals surface area (Å²) in [4.78, 5) is 24.6. The fourth-order valence-electron chi connectivity index (χ4n) is 2.50. The molecular formula is C11H17NO5S2. The Morgan fingerprint density at radius 1 is 1.37 bits per heavy atom. The first-order valence-electron chi connectivity index (χ1n) is 6.19. The molecule has 2 atom stereocenters. The second-order valence-corrected chi connectivity index (χ2v) is 8.37. The molecule has 1 N–H and O–H groups in total. The SMILES string of the molecule is O=C(O)C1CSCCN1C(=O)CC1CCS(=O)(=O)C1. The Hall–Kier alpha value is -0.760. The first kappa shape index (κ1) is 14.6. The van der Waals surface area contributed by atoms with Crippen LogP contribution in [-0.4, -0.2) is 65.9 Å². The summed E-state index contributed by atoms with van der Waals surface area (Å²) in [5.74, 6) is -0.0268. The summed E-state index contributed by atoms with van der Waals surface area (Å²) in [6, 6.07) is -0.774. The molecule has 2 rings (SSSR count). The highest BCUT2D eigenvalue weighted by molar-refractivity contribution is 7.99. The number of hydrogen-bond donors (Lipinski definition) is 1. The molecule has 19 heavy (non-hydrogen) atoms. The molecule has 0 saturated carbocycles. The van der Waals surface area contributed by atoms with E-state index in [2.05, 4.69) is 0 Å². The molecule has 2 aliphatic rings. The predicted octanol–water partition coefficient (Wildman–Crippen LogP) is -0.160. The van der Waals surface area contributed by atoms with E-state index in [1.165, 1.54) is 16.7 Å². The number of hydrogen-bond acceptors (Lipinski definition) is 5. The zero-order valence-electron chi connectivity index (χ0n) is 10.4. The van der Waals surface area contributed by atoms with E-state index in [-0.39, 0.29) is 29.8 Å². The van der Waals surface area contributed by atoms with Crippen molar-refractivity contribution in [1.29, 1.82) is 0 Å². The van der Waals surface area contributed by atoms with E-state index in [4.69, 9.17) is 5.11 Å². The number of carbonyl (C=O) groups excluding carboxylic acids is 1. The van der Waals surface area contributed by atoms with Crippen molar-refractivity contribution in [3.63, 3.8) is 0 Å². The van der Waals surface area contributed by atoms with Crippen molar-refractivity contribution in [1.82, 2.24) is 4.90 Å². The lowest BCUT2D eigenvalue weighted by atomic mass is 10.0. The van der Waals surface area contributed by atoms with E-state index in [1.54, 1.807) is 0 Å². The molecule has 0 aromatic heterocycles. The van der Waals surface area contributed by atoms with Crippen LogP contribution >= 0.6 is 11.8 Å². The molecule has 0 spiro atoms. The third kappa shape index (κ3) is 3.62. The molecule has 0 aliphatic carbocycles. The molecular weight excluding hydrogens is 290 g/mol. The van der Waals surface area contributed by atoms with Crippen LogP contribution in [0.2, 0.25) is 0 Å². The Morgan fingerprint density at radius 3 is 2.68 bits per heavy atom. The monoisotopic (exact) mass is 307 g/mol. The number of carbonyl (C=O) groups is 2. The molecule has 2 unspecified atom stereocenters. The van der Waals surface area contributed by atoms with Crippen LogP contribution in [0.1, 0.15) is 12.8 Å². The van der Waals surface area contributed by atoms with Gasteiger partial charge in [-0.25, -0.2) is 13.2 Å². The number of carboxylic acids is 1. The highest BCUT2D eigenvalue weighted by Crippen LogP contribution is 2.24. The first-order valence-corrected chi connectivity index (χ1v) is 9.17. The Kier molecular flexibility index (Phi) is 4.39. The molecule has 2 aliphatic heterocycles. The van der Waals surface area contributed by atoms with E-state index < -0.39 is 21.8 Å². The van der Waals surface area contributed by atoms with Gasteiger partial charge < -0.3 is 10.0 Å². The summed E-state index contributed by atoms with van der Waals surface area (Å²) < 4.78 is 22.7. The van der Waals surface area contributed by atoms with Crippen molar-refractivity contribution in [2.45, 2.75) is 18.9 Å². The number of sulfone groups is 1. The third-order valence-corrected chi connectivity index (χ3v) is 6.38. The highest BCUT2D eigenvalue weighted by Gasteiger charge is 2.35. The van der Waals surface area contributed by atoms with Gasteiger partial charge in [0.15, 0.2) is 9.84 Å². The number of aliphatic carboxylic acids is 1. The van der Waals surface area contributed by atoms with Gasteiger partial charge >= 0.3 is 5.97 Å². The Labute approximate surface area is 116 Å². The average Bonchev–Trinajstić information content (AvgIpc) is 2.68. The van der Waals surface area contributed by atoms with Crippen molar-refractivity contribution in [3.8, 4) is 0 Å². The summed E-state index contributed by atoms with van der Waals surface area (Å²) in [7, 11) is -2.99. The van der Waals surface area contributed by atoms with E-state index >= 15 is 0 Å². The maximum Gasteiger partial charge on any atom is 0.327 e. The Morgan fingerprint density at radius 2 is 2.11 bits per heavy atom. The van der Waals surface area contributed by atoms with Crippen molar-refractivity contribution in [2.24, 2.45) is 5.92 Å². The number of nitrogens with zero attached hydrogens (tertiary/aromatic N) is 1. The highest BCUT2D eigenvalue weighted by atomic mass is 32.2. The number of amides is 1. The van der Waals surface area contributed by atoms with E-state index in [9.17, 15) is 18.0 Å². The standard InChI is InChI=1S/C11H17NO5S2/c13-10(5-8-1-4-19(16,17)7-8)12-2-3-18-6-9(12)11(14)15/h8-9H,1-7H2,(H,14,15). The van der Waals surface area contributed by atoms with Gasteiger partial charge in [0, 0.05) is 24.5 Å². The Balaban J connectivity index is 1.97. The van der Waals surface area contributed by atoms with Crippen molar-refractivity contribution < 1.29 is 23.1 Å². The van der Waals surface area contributed by atoms with Crippen LogP contribution in [0.15, 0.2) is 0 Å². The first-order chi connectivity index (χ1) is 8.89. The molecule has 0 aromatic rings. The number of carboxylic acid groups (broad SMARTS) is 1. The van der Waals surface area contributed by atoms with Crippen molar-refractivity contribution in [3.05, 3.63) is 0 Å². The van der Waals surface area contributed by atoms with Crippen LogP contribution < -0.4 is 0 Å². The topological polar surface area (TPSA) is 91.8 Å². The van der Waals surface area contributed by atoms with Gasteiger partial charge in [0.25, 0.3) is 0 Å². The lowest BCUT2D eigenvalue weighted by molar-refractivity contribution is -0.149. The second-order valence-electron chi connectivity index (χ2n) is 4.99. The average molecular weight is 307 g/mol. The maximum atomic E-state index is 12.1. The molecule has 0 aromatic carbocycles. The maximum absolute atomic E-state index is 12.1. The van der Waals surface area contributed by atoms with Gasteiger partial charge in [0.2, 0.25) is 5.91 Å². The van der Waals surface area contributed by atoms with Gasteiger partial charge in [-0.05, 0) is 12.3 Å². The quantitative estimate of drug-likeness (QED) is 0.779. The molecule has 108 valence electrons. The molecule has 2 fully saturated rings. The minimum Gasteiger partial charge on any atom is -0.480 e. The van der Waals surface area contributed by atoms with E-state index in [0.717, 1.165) is 5.75 Å². The van der Waals surface area contributed by atoms with Crippen LogP contribution in [0.4, 0.5) is 0 Å². The zero-order chi connectivity index (χ0) is 14.0. The minimum atomic E-state index is -2.99. The lowest BCUT2D eigenvalue weighted by Gasteiger charge is -2.33. The fraction of sp³-hybridized carbons (Fsp3) is 0.818. The normalized spacial score (nSPS) is 30.2. The molecule has 6 nitrogen and oxygen atoms in total. The van der Waals surface area contributed by atoms with Crippen LogP contribution in [0.3, 0.4) is 0 Å². The fourth-order valence-corrected chi connectivity index (χ4v) is 5.40. The smallest absolute Gasteiger partial charge is 0.327 e. The molecule has 2 saturated heterocycles. The van der Waals surface area contributed by atoms with Crippen LogP contribution in [0.5, 0.6) is 0 Å². The zero-order valence-corrected chi connectivity index (χ0v) is 12.1. The van der Waals surface area contributed by atoms with Gasteiger partial charge in [-0.15, -0.1) is 0 Å². The molecule has 2 heterocycles. The van der Waals surface area contributed by atoms with Crippen LogP contribution in [0.25, 0.3) is 0 Å². The molecule has 1 amide bonds. The van der Waals surface area contributed by atoms with Gasteiger partial charge in [0.1, 0.15) is 6.04 Å². The minimum absolute atomic E-state index is 0.0546. The summed E-state index contributed by atoms with van der Waals surface area (Å²) in [6.07, 6.45) is 0.655. The van der Waals surface area contributed by atoms with Crippen molar-refractivity contribution in [2.75, 3.05) is 29.6 Å². The summed E-state index contributed by atoms with van der Waals surface area (Å²) in [5.41, 5.74) is 0. The van der Waals surface area contributed by atoms with Crippen LogP contribution in [0, 0.1) is 5.92 Å². The largest absolute Gasteiger partial charge is 0.480 e. The van der Waals surface area contributed by atoms with Gasteiger partial charge in [-0.2, -0.15) is 11.8 Å². The van der Waals surface area contributed by atoms with Gasteiger partial charge in [-0.3, -0.25) is 4.79 Å². The van der Waals surface area contributed by atoms with Crippen LogP contribution in [-0.2, 0) is 19.4 Å². The van der Waals surface area contributed by atoms with Gasteiger partial charge in [-0.1, -0.05) is 0 Å². The van der Waals surface area contributed by atoms with E-state index in [1.807, 2.05) is 0 Å². The summed E-state index contributed by atoms with van der Waals surface area (Å²) >= 11 is 1.52. The van der Waals surface area contributed by atoms with Crippen molar-refractivity contribution >= 4 is 33.5 Å². The molecule has 8 heteroatoms. The number of rotatable bonds is 3. The lowest BCUT2D eigenvalue weighted by Crippen LogP contribution is -2.50. The molecule has 0 bridgehead atoms. The Bertz CT molecular complexity index is 475. The van der Waals surface area contributed by atoms with E-state index in [0.29, 0.717) is 18.7 Å². The summed E-state index contributed by atoms with van der Waals surface area (Å²) in [6.45, 7) is 0.430. The third-order valence-electron chi connectivity index (χ3n) is 3.52.